The number of carbonyl (C=O) groups is 1. The molecule has 3 rings (SSSR count). The van der Waals surface area contributed by atoms with Gasteiger partial charge in [-0.05, 0) is 19.2 Å². The number of ether oxygens (including phenoxy) is 1. The van der Waals surface area contributed by atoms with Crippen molar-refractivity contribution in [3.8, 4) is 5.75 Å². The van der Waals surface area contributed by atoms with Crippen molar-refractivity contribution in [2.45, 2.75) is 13.1 Å². The van der Waals surface area contributed by atoms with Crippen LogP contribution in [0.3, 0.4) is 0 Å². The van der Waals surface area contributed by atoms with Gasteiger partial charge in [0.2, 0.25) is 0 Å². The third-order valence-corrected chi connectivity index (χ3v) is 3.39. The van der Waals surface area contributed by atoms with E-state index in [2.05, 4.69) is 4.98 Å². The van der Waals surface area contributed by atoms with Crippen LogP contribution in [0.25, 0.3) is 10.9 Å². The zero-order chi connectivity index (χ0) is 13.6. The molecule has 6 heteroatoms. The second-order valence-electron chi connectivity index (χ2n) is 4.74. The molecule has 0 amide bonds. The number of carboxylic acids is 1. The van der Waals surface area contributed by atoms with Crippen LogP contribution in [-0.4, -0.2) is 34.7 Å². The predicted octanol–water partition coefficient (Wildman–Crippen LogP) is 1.11. The third-order valence-electron chi connectivity index (χ3n) is 3.39. The highest BCUT2D eigenvalue weighted by Crippen LogP contribution is 2.35. The number of fused-ring (bicyclic) bond motifs is 3. The number of aromatic amines is 1. The van der Waals surface area contributed by atoms with Gasteiger partial charge in [-0.3, -0.25) is 4.90 Å². The van der Waals surface area contributed by atoms with Gasteiger partial charge in [-0.25, -0.2) is 4.79 Å². The normalized spacial score (nSPS) is 15.3. The molecule has 2 heterocycles. The Morgan fingerprint density at radius 3 is 3.05 bits per heavy atom. The molecule has 0 fully saturated rings. The molecule has 19 heavy (non-hydrogen) atoms. The SMILES string of the molecule is CN1COc2ccc3[nH]c(CN)c(C(=O)O)c3c2C1. The van der Waals surface area contributed by atoms with E-state index >= 15 is 0 Å². The molecule has 0 unspecified atom stereocenters. The van der Waals surface area contributed by atoms with Crippen molar-refractivity contribution >= 4 is 16.9 Å². The number of aromatic nitrogens is 1. The van der Waals surface area contributed by atoms with Gasteiger partial charge in [-0.1, -0.05) is 0 Å². The Kier molecular flexibility index (Phi) is 2.69. The van der Waals surface area contributed by atoms with Crippen molar-refractivity contribution in [1.82, 2.24) is 9.88 Å². The standard InChI is InChI=1S/C13H15N3O3/c1-16-5-7-10(19-6-16)3-2-8-11(7)12(13(17)18)9(4-14)15-8/h2-3,15H,4-6,14H2,1H3,(H,17,18). The maximum absolute atomic E-state index is 11.5. The summed E-state index contributed by atoms with van der Waals surface area (Å²) in [5.41, 5.74) is 8.11. The van der Waals surface area contributed by atoms with E-state index in [1.165, 1.54) is 0 Å². The van der Waals surface area contributed by atoms with E-state index < -0.39 is 5.97 Å². The number of hydrogen-bond donors (Lipinski definition) is 3. The number of nitrogens with two attached hydrogens (primary N) is 1. The summed E-state index contributed by atoms with van der Waals surface area (Å²) in [4.78, 5) is 16.6. The number of nitrogens with one attached hydrogen (secondary N) is 1. The highest BCUT2D eigenvalue weighted by atomic mass is 16.5. The summed E-state index contributed by atoms with van der Waals surface area (Å²) in [7, 11) is 1.93. The maximum atomic E-state index is 11.5. The summed E-state index contributed by atoms with van der Waals surface area (Å²) in [6.07, 6.45) is 0. The molecular weight excluding hydrogens is 246 g/mol. The van der Waals surface area contributed by atoms with E-state index in [9.17, 15) is 9.90 Å². The number of H-pyrrole nitrogens is 1. The number of hydrogen-bond acceptors (Lipinski definition) is 4. The Labute approximate surface area is 109 Å². The van der Waals surface area contributed by atoms with Gasteiger partial charge in [0, 0.05) is 35.2 Å². The smallest absolute Gasteiger partial charge is 0.338 e. The van der Waals surface area contributed by atoms with E-state index in [0.717, 1.165) is 16.8 Å². The highest BCUT2D eigenvalue weighted by Gasteiger charge is 2.24. The molecule has 0 bridgehead atoms. The summed E-state index contributed by atoms with van der Waals surface area (Å²) in [5.74, 6) is -0.219. The van der Waals surface area contributed by atoms with Crippen molar-refractivity contribution < 1.29 is 14.6 Å². The summed E-state index contributed by atoms with van der Waals surface area (Å²) >= 11 is 0. The third kappa shape index (κ3) is 1.76. The van der Waals surface area contributed by atoms with Crippen LogP contribution >= 0.6 is 0 Å². The first-order chi connectivity index (χ1) is 9.11. The number of rotatable bonds is 2. The molecule has 0 spiro atoms. The lowest BCUT2D eigenvalue weighted by atomic mass is 10.0. The minimum Gasteiger partial charge on any atom is -0.478 e. The molecule has 1 aromatic carbocycles. The fourth-order valence-electron chi connectivity index (χ4n) is 2.57. The van der Waals surface area contributed by atoms with Crippen LogP contribution in [0.4, 0.5) is 0 Å². The Bertz CT molecular complexity index is 663. The van der Waals surface area contributed by atoms with Crippen molar-refractivity contribution in [2.75, 3.05) is 13.8 Å². The molecule has 0 radical (unpaired) electrons. The number of aromatic carboxylic acids is 1. The van der Waals surface area contributed by atoms with Gasteiger partial charge in [0.05, 0.1) is 5.56 Å². The zero-order valence-electron chi connectivity index (χ0n) is 10.6. The van der Waals surface area contributed by atoms with Gasteiger partial charge < -0.3 is 20.6 Å². The summed E-state index contributed by atoms with van der Waals surface area (Å²) in [6.45, 7) is 1.34. The molecule has 1 aliphatic rings. The summed E-state index contributed by atoms with van der Waals surface area (Å²) in [6, 6.07) is 3.71. The van der Waals surface area contributed by atoms with Gasteiger partial charge in [-0.15, -0.1) is 0 Å². The zero-order valence-corrected chi connectivity index (χ0v) is 10.6. The van der Waals surface area contributed by atoms with Crippen molar-refractivity contribution in [3.63, 3.8) is 0 Å². The predicted molar refractivity (Wildman–Crippen MR) is 70.1 cm³/mol. The van der Waals surface area contributed by atoms with Crippen LogP contribution in [0.1, 0.15) is 21.6 Å². The fraction of sp³-hybridized carbons (Fsp3) is 0.308. The molecule has 6 nitrogen and oxygen atoms in total. The van der Waals surface area contributed by atoms with Crippen molar-refractivity contribution in [2.24, 2.45) is 5.73 Å². The van der Waals surface area contributed by atoms with Crippen molar-refractivity contribution in [1.29, 1.82) is 0 Å². The fourth-order valence-corrected chi connectivity index (χ4v) is 2.57. The highest BCUT2D eigenvalue weighted by molar-refractivity contribution is 6.06. The molecule has 0 saturated carbocycles. The molecule has 0 saturated heterocycles. The van der Waals surface area contributed by atoms with Gasteiger partial charge in [0.1, 0.15) is 12.5 Å². The molecule has 0 aliphatic carbocycles. The minimum absolute atomic E-state index is 0.168. The van der Waals surface area contributed by atoms with Crippen LogP contribution < -0.4 is 10.5 Å². The van der Waals surface area contributed by atoms with E-state index in [-0.39, 0.29) is 12.1 Å². The maximum Gasteiger partial charge on any atom is 0.338 e. The van der Waals surface area contributed by atoms with Crippen LogP contribution in [0.5, 0.6) is 5.75 Å². The van der Waals surface area contributed by atoms with Gasteiger partial charge in [-0.2, -0.15) is 0 Å². The van der Waals surface area contributed by atoms with Gasteiger partial charge >= 0.3 is 5.97 Å². The molecule has 1 aliphatic heterocycles. The quantitative estimate of drug-likeness (QED) is 0.753. The summed E-state index contributed by atoms with van der Waals surface area (Å²) < 4.78 is 5.61. The second kappa shape index (κ2) is 4.25. The Balaban J connectivity index is 2.34. The molecule has 2 aromatic rings. The molecule has 100 valence electrons. The molecule has 4 N–H and O–H groups in total. The van der Waals surface area contributed by atoms with Crippen LogP contribution in [0.15, 0.2) is 12.1 Å². The van der Waals surface area contributed by atoms with E-state index in [1.807, 2.05) is 24.1 Å². The topological polar surface area (TPSA) is 91.6 Å². The largest absolute Gasteiger partial charge is 0.478 e. The first-order valence-electron chi connectivity index (χ1n) is 6.03. The number of carboxylic acid groups (broad SMARTS) is 1. The lowest BCUT2D eigenvalue weighted by Crippen LogP contribution is -2.28. The summed E-state index contributed by atoms with van der Waals surface area (Å²) in [5, 5.41) is 10.1. The number of nitrogens with zero attached hydrogens (tertiary/aromatic N) is 1. The Morgan fingerprint density at radius 1 is 1.58 bits per heavy atom. The Morgan fingerprint density at radius 2 is 2.37 bits per heavy atom. The van der Waals surface area contributed by atoms with Crippen molar-refractivity contribution in [3.05, 3.63) is 29.0 Å². The first-order valence-corrected chi connectivity index (χ1v) is 6.03. The van der Waals surface area contributed by atoms with E-state index in [4.69, 9.17) is 10.5 Å². The number of benzene rings is 1. The average molecular weight is 261 g/mol. The van der Waals surface area contributed by atoms with Gasteiger partial charge in [0.15, 0.2) is 0 Å². The molecule has 0 atom stereocenters. The lowest BCUT2D eigenvalue weighted by Gasteiger charge is -2.26. The van der Waals surface area contributed by atoms with Crippen LogP contribution in [-0.2, 0) is 13.1 Å². The first kappa shape index (κ1) is 12.0. The second-order valence-corrected chi connectivity index (χ2v) is 4.74. The van der Waals surface area contributed by atoms with Gasteiger partial charge in [0.25, 0.3) is 0 Å². The monoisotopic (exact) mass is 261 g/mol. The average Bonchev–Trinajstić information content (AvgIpc) is 2.77. The lowest BCUT2D eigenvalue weighted by molar-refractivity contribution is 0.0697. The molecule has 1 aromatic heterocycles. The Hall–Kier alpha value is -2.05. The van der Waals surface area contributed by atoms with Crippen LogP contribution in [0.2, 0.25) is 0 Å². The van der Waals surface area contributed by atoms with Crippen LogP contribution in [0, 0.1) is 0 Å². The van der Waals surface area contributed by atoms with E-state index in [1.54, 1.807) is 0 Å². The molecular formula is C13H15N3O3. The van der Waals surface area contributed by atoms with E-state index in [0.29, 0.717) is 24.4 Å². The minimum atomic E-state index is -0.965.